The molecule has 5 N–H and O–H groups in total. The first kappa shape index (κ1) is 33.5. The highest BCUT2D eigenvalue weighted by Crippen LogP contribution is 2.23. The molecule has 0 saturated carbocycles. The minimum atomic E-state index is -1.35. The van der Waals surface area contributed by atoms with Gasteiger partial charge in [0.2, 0.25) is 12.3 Å². The molecule has 0 radical (unpaired) electrons. The minimum Gasteiger partial charge on any atom is -0.480 e. The van der Waals surface area contributed by atoms with Gasteiger partial charge in [-0.25, -0.2) is 5.06 Å². The van der Waals surface area contributed by atoms with Gasteiger partial charge in [0.05, 0.1) is 18.6 Å². The first-order valence-electron chi connectivity index (χ1n) is 13.4. The van der Waals surface area contributed by atoms with E-state index in [1.165, 1.54) is 36.4 Å². The summed E-state index contributed by atoms with van der Waals surface area (Å²) >= 11 is 0. The van der Waals surface area contributed by atoms with E-state index >= 15 is 0 Å². The largest absolute Gasteiger partial charge is 0.480 e. The van der Waals surface area contributed by atoms with Crippen LogP contribution in [0.1, 0.15) is 66.9 Å². The molecule has 1 heterocycles. The number of rotatable bonds is 18. The Bertz CT molecular complexity index is 1230. The minimum absolute atomic E-state index is 0.0538. The summed E-state index contributed by atoms with van der Waals surface area (Å²) in [7, 11) is 0. The number of hydroxylamine groups is 2. The number of unbranched alkanes of at least 4 members (excludes halogenated alkanes) is 2. The smallest absolute Gasteiger partial charge is 0.323 e. The first-order chi connectivity index (χ1) is 20.0. The molecule has 0 unspecified atom stereocenters. The molecule has 14 heteroatoms. The highest BCUT2D eigenvalue weighted by molar-refractivity contribution is 5.98. The van der Waals surface area contributed by atoms with Crippen LogP contribution < -0.4 is 10.6 Å². The summed E-state index contributed by atoms with van der Waals surface area (Å²) < 4.78 is 5.60. The molecule has 2 atom stereocenters. The summed E-state index contributed by atoms with van der Waals surface area (Å²) in [5.41, 5.74) is 0.559. The summed E-state index contributed by atoms with van der Waals surface area (Å²) in [5.74, 6) is -4.95. The third kappa shape index (κ3) is 9.73. The van der Waals surface area contributed by atoms with E-state index in [0.717, 1.165) is 19.3 Å². The fourth-order valence-corrected chi connectivity index (χ4v) is 4.38. The van der Waals surface area contributed by atoms with E-state index in [9.17, 15) is 34.0 Å². The molecule has 2 aromatic rings. The highest BCUT2D eigenvalue weighted by atomic mass is 16.5. The fraction of sp³-hybridized carbons (Fsp3) is 0.429. The van der Waals surface area contributed by atoms with Crippen molar-refractivity contribution in [1.29, 1.82) is 0 Å². The van der Waals surface area contributed by atoms with Gasteiger partial charge >= 0.3 is 11.9 Å². The zero-order chi connectivity index (χ0) is 31.2. The number of carboxylic acids is 2. The normalized spacial score (nSPS) is 12.1. The van der Waals surface area contributed by atoms with Crippen LogP contribution in [0.15, 0.2) is 40.8 Å². The monoisotopic (exact) mass is 588 g/mol. The Morgan fingerprint density at radius 2 is 1.57 bits per heavy atom. The summed E-state index contributed by atoms with van der Waals surface area (Å²) in [6.07, 6.45) is 3.64. The maximum Gasteiger partial charge on any atom is 0.323 e. The van der Waals surface area contributed by atoms with Crippen LogP contribution in [0, 0.1) is 5.92 Å². The number of carbonyl (C=O) groups is 6. The molecule has 0 bridgehead atoms. The molecule has 228 valence electrons. The summed E-state index contributed by atoms with van der Waals surface area (Å²) in [5, 5.41) is 33.5. The highest BCUT2D eigenvalue weighted by Gasteiger charge is 2.30. The molecule has 0 aliphatic carbocycles. The van der Waals surface area contributed by atoms with Crippen molar-refractivity contribution >= 4 is 36.1 Å². The molecular formula is C28H36N4O10. The van der Waals surface area contributed by atoms with Gasteiger partial charge in [-0.15, -0.1) is 0 Å². The fourth-order valence-electron chi connectivity index (χ4n) is 4.38. The summed E-state index contributed by atoms with van der Waals surface area (Å²) in [6.45, 7) is 2.00. The molecule has 14 nitrogen and oxygen atoms in total. The van der Waals surface area contributed by atoms with Gasteiger partial charge in [-0.3, -0.25) is 34.0 Å². The zero-order valence-corrected chi connectivity index (χ0v) is 23.4. The van der Waals surface area contributed by atoms with Crippen molar-refractivity contribution in [3.05, 3.63) is 47.7 Å². The number of hydrogen-bond donors (Lipinski definition) is 5. The Morgan fingerprint density at radius 1 is 0.929 bits per heavy atom. The lowest BCUT2D eigenvalue weighted by atomic mass is 9.90. The van der Waals surface area contributed by atoms with Crippen LogP contribution in [0.3, 0.4) is 0 Å². The predicted molar refractivity (Wildman–Crippen MR) is 147 cm³/mol. The molecular weight excluding hydrogens is 552 g/mol. The number of amides is 4. The van der Waals surface area contributed by atoms with Crippen molar-refractivity contribution in [2.75, 3.05) is 19.8 Å². The number of nitrogens with zero attached hydrogens (tertiary/aromatic N) is 2. The average Bonchev–Trinajstić information content (AvgIpc) is 3.46. The van der Waals surface area contributed by atoms with E-state index in [1.807, 2.05) is 6.92 Å². The second-order valence-electron chi connectivity index (χ2n) is 9.48. The van der Waals surface area contributed by atoms with E-state index in [-0.39, 0.29) is 30.2 Å². The number of carbonyl (C=O) groups excluding carboxylic acids is 4. The molecule has 4 amide bonds. The second kappa shape index (κ2) is 16.5. The molecule has 0 aliphatic heterocycles. The van der Waals surface area contributed by atoms with Gasteiger partial charge in [-0.05, 0) is 37.1 Å². The van der Waals surface area contributed by atoms with Gasteiger partial charge in [-0.2, -0.15) is 0 Å². The van der Waals surface area contributed by atoms with Gasteiger partial charge in [0.15, 0.2) is 5.76 Å². The predicted octanol–water partition coefficient (Wildman–Crippen LogP) is 2.18. The van der Waals surface area contributed by atoms with E-state index < -0.39 is 54.7 Å². The maximum atomic E-state index is 12.9. The summed E-state index contributed by atoms with van der Waals surface area (Å²) in [4.78, 5) is 71.8. The molecule has 42 heavy (non-hydrogen) atoms. The van der Waals surface area contributed by atoms with Crippen LogP contribution in [-0.2, 0) is 19.2 Å². The van der Waals surface area contributed by atoms with E-state index in [1.54, 1.807) is 6.92 Å². The van der Waals surface area contributed by atoms with Crippen molar-refractivity contribution in [3.8, 4) is 11.3 Å². The standard InChI is InChI=1S/C28H36N4O10/c1-3-5-6-7-20(21(4-2)32(41)17-33)26(38)29-16-30-27(39)23-13-12-22(42-23)18-8-10-19(11-9-18)28(40)31(14-24(34)35)15-25(36)37/h8-13,17,20-21,41H,3-7,14-16H2,1-2H3,(H,29,38)(H,30,39)(H,34,35)(H,36,37)/t20-,21-/m1/s1. The molecule has 0 saturated heterocycles. The van der Waals surface area contributed by atoms with Crippen LogP contribution in [0.25, 0.3) is 11.3 Å². The number of hydrogen-bond acceptors (Lipinski definition) is 8. The molecule has 0 spiro atoms. The maximum absolute atomic E-state index is 12.9. The van der Waals surface area contributed by atoms with Gasteiger partial charge < -0.3 is 30.2 Å². The Kier molecular flexibility index (Phi) is 13.2. The van der Waals surface area contributed by atoms with Crippen LogP contribution in [0.2, 0.25) is 0 Å². The molecule has 0 aliphatic rings. The molecule has 1 aromatic heterocycles. The van der Waals surface area contributed by atoms with Gasteiger partial charge in [0.1, 0.15) is 18.8 Å². The lowest BCUT2D eigenvalue weighted by Crippen LogP contribution is -2.47. The SMILES string of the molecule is CCCCC[C@@H](C(=O)NCNC(=O)c1ccc(-c2ccc(C(=O)N(CC(=O)O)CC(=O)O)cc2)o1)[C@@H](CC)N(O)C=O. The average molecular weight is 589 g/mol. The van der Waals surface area contributed by atoms with Crippen molar-refractivity contribution < 1.29 is 48.6 Å². The van der Waals surface area contributed by atoms with Crippen molar-refractivity contribution in [2.24, 2.45) is 5.92 Å². The van der Waals surface area contributed by atoms with Crippen molar-refractivity contribution in [1.82, 2.24) is 20.6 Å². The number of furan rings is 1. The molecule has 0 fully saturated rings. The third-order valence-electron chi connectivity index (χ3n) is 6.48. The number of nitrogens with one attached hydrogen (secondary N) is 2. The molecule has 1 aromatic carbocycles. The first-order valence-corrected chi connectivity index (χ1v) is 13.4. The van der Waals surface area contributed by atoms with Crippen LogP contribution in [0.4, 0.5) is 0 Å². The third-order valence-corrected chi connectivity index (χ3v) is 6.48. The Morgan fingerprint density at radius 3 is 2.12 bits per heavy atom. The number of benzene rings is 1. The number of aliphatic carboxylic acids is 2. The van der Waals surface area contributed by atoms with Crippen molar-refractivity contribution in [3.63, 3.8) is 0 Å². The van der Waals surface area contributed by atoms with Crippen molar-refractivity contribution in [2.45, 2.75) is 52.0 Å². The Balaban J connectivity index is 2.02. The van der Waals surface area contributed by atoms with Gasteiger partial charge in [0.25, 0.3) is 11.8 Å². The van der Waals surface area contributed by atoms with E-state index in [4.69, 9.17) is 14.6 Å². The van der Waals surface area contributed by atoms with Crippen LogP contribution in [0.5, 0.6) is 0 Å². The van der Waals surface area contributed by atoms with E-state index in [0.29, 0.717) is 28.4 Å². The lowest BCUT2D eigenvalue weighted by molar-refractivity contribution is -0.168. The van der Waals surface area contributed by atoms with Crippen LogP contribution >= 0.6 is 0 Å². The van der Waals surface area contributed by atoms with Crippen LogP contribution in [-0.4, -0.2) is 87.3 Å². The lowest BCUT2D eigenvalue weighted by Gasteiger charge is -2.29. The quantitative estimate of drug-likeness (QED) is 0.0564. The topological polar surface area (TPSA) is 207 Å². The Hall–Kier alpha value is -4.72. The van der Waals surface area contributed by atoms with Gasteiger partial charge in [-0.1, -0.05) is 45.2 Å². The zero-order valence-electron chi connectivity index (χ0n) is 23.4. The summed E-state index contributed by atoms with van der Waals surface area (Å²) in [6, 6.07) is 8.00. The second-order valence-corrected chi connectivity index (χ2v) is 9.48. The van der Waals surface area contributed by atoms with E-state index in [2.05, 4.69) is 10.6 Å². The van der Waals surface area contributed by atoms with Gasteiger partial charge in [0, 0.05) is 11.1 Å². The molecule has 2 rings (SSSR count). The Labute approximate surface area is 242 Å². The number of carboxylic acid groups (broad SMARTS) is 2.